The molecular weight excluding hydrogens is 588 g/mol. The lowest BCUT2D eigenvalue weighted by molar-refractivity contribution is -0.142. The molecule has 9 heteroatoms. The number of amides is 2. The van der Waals surface area contributed by atoms with Crippen molar-refractivity contribution in [2.45, 2.75) is 115 Å². The summed E-state index contributed by atoms with van der Waals surface area (Å²) in [6, 6.07) is 4.04. The molecule has 0 aromatic heterocycles. The number of fused-ring (bicyclic) bond motifs is 1. The van der Waals surface area contributed by atoms with Crippen molar-refractivity contribution in [2.75, 3.05) is 32.3 Å². The molecule has 3 atom stereocenters. The molecular formula is C36H56N2O6S. The maximum absolute atomic E-state index is 14.2. The summed E-state index contributed by atoms with van der Waals surface area (Å²) in [5.74, 6) is -1.05. The largest absolute Gasteiger partial charge is 0.493 e. The molecule has 45 heavy (non-hydrogen) atoms. The minimum Gasteiger partial charge on any atom is -0.493 e. The second kappa shape index (κ2) is 18.5. The fourth-order valence-electron chi connectivity index (χ4n) is 6.50. The summed E-state index contributed by atoms with van der Waals surface area (Å²) in [5.41, 5.74) is -0.729. The zero-order valence-corrected chi connectivity index (χ0v) is 28.8. The number of hydrogen-bond acceptors (Lipinski definition) is 7. The van der Waals surface area contributed by atoms with Crippen LogP contribution in [0.25, 0.3) is 0 Å². The lowest BCUT2D eigenvalue weighted by Gasteiger charge is -2.31. The van der Waals surface area contributed by atoms with Crippen LogP contribution < -0.4 is 14.8 Å². The average Bonchev–Trinajstić information content (AvgIpc) is 3.23. The van der Waals surface area contributed by atoms with Crippen LogP contribution >= 0.6 is 0 Å². The summed E-state index contributed by atoms with van der Waals surface area (Å²) in [6.45, 7) is 5.06. The highest BCUT2D eigenvalue weighted by Gasteiger charge is 2.59. The normalized spacial score (nSPS) is 20.1. The van der Waals surface area contributed by atoms with Crippen LogP contribution in [0.3, 0.4) is 0 Å². The predicted octanol–water partition coefficient (Wildman–Crippen LogP) is 7.10. The van der Waals surface area contributed by atoms with Gasteiger partial charge in [0.2, 0.25) is 5.91 Å². The van der Waals surface area contributed by atoms with Gasteiger partial charge in [-0.2, -0.15) is 0 Å². The van der Waals surface area contributed by atoms with Gasteiger partial charge in [0.05, 0.1) is 31.4 Å². The van der Waals surface area contributed by atoms with Crippen LogP contribution in [-0.2, 0) is 19.4 Å². The SMILES string of the molecule is CCCCCCCCCCCCCCCCN[C@@]12C=CC=CC1C(=O)N(C(CS(C)(=O)=O)c1ccc(OC)c(OCC)c1)C2=O. The molecule has 252 valence electrons. The molecule has 1 saturated heterocycles. The molecule has 1 N–H and O–H groups in total. The first-order chi connectivity index (χ1) is 21.7. The molecule has 2 unspecified atom stereocenters. The predicted molar refractivity (Wildman–Crippen MR) is 181 cm³/mol. The summed E-state index contributed by atoms with van der Waals surface area (Å²) in [6.07, 6.45) is 25.9. The summed E-state index contributed by atoms with van der Waals surface area (Å²) >= 11 is 0. The molecule has 1 aromatic carbocycles. The first kappa shape index (κ1) is 36.8. The molecule has 1 heterocycles. The van der Waals surface area contributed by atoms with E-state index in [9.17, 15) is 18.0 Å². The molecule has 0 saturated carbocycles. The quantitative estimate of drug-likeness (QED) is 0.100. The smallest absolute Gasteiger partial charge is 0.255 e. The highest BCUT2D eigenvalue weighted by atomic mass is 32.2. The van der Waals surface area contributed by atoms with Gasteiger partial charge in [0.15, 0.2) is 11.5 Å². The van der Waals surface area contributed by atoms with E-state index in [1.165, 1.54) is 77.7 Å². The van der Waals surface area contributed by atoms with Gasteiger partial charge in [-0.1, -0.05) is 121 Å². The zero-order valence-electron chi connectivity index (χ0n) is 28.0. The van der Waals surface area contributed by atoms with Gasteiger partial charge in [-0.25, -0.2) is 8.42 Å². The standard InChI is InChI=1S/C36H56N2O6S/c1-5-7-8-9-10-11-12-13-14-15-16-17-18-21-26-37-36-25-20-19-22-30(36)34(39)38(35(36)40)31(28-45(4,41)42)29-23-24-32(43-3)33(27-29)44-6-2/h19-20,22-25,27,30-31,37H,5-18,21,26,28H2,1-4H3/t30?,31?,36-/m0/s1. The van der Waals surface area contributed by atoms with Crippen molar-refractivity contribution >= 4 is 21.7 Å². The van der Waals surface area contributed by atoms with E-state index in [1.807, 2.05) is 6.92 Å². The molecule has 0 bridgehead atoms. The van der Waals surface area contributed by atoms with Crippen molar-refractivity contribution in [3.63, 3.8) is 0 Å². The number of hydrogen-bond donors (Lipinski definition) is 1. The monoisotopic (exact) mass is 644 g/mol. The second-order valence-electron chi connectivity index (χ2n) is 12.6. The Bertz CT molecular complexity index is 1260. The Balaban J connectivity index is 1.58. The maximum atomic E-state index is 14.2. The van der Waals surface area contributed by atoms with E-state index in [2.05, 4.69) is 12.2 Å². The number of carbonyl (C=O) groups excluding carboxylic acids is 2. The Morgan fingerprint density at radius 1 is 0.867 bits per heavy atom. The molecule has 0 radical (unpaired) electrons. The molecule has 1 aromatic rings. The molecule has 2 aliphatic rings. The van der Waals surface area contributed by atoms with E-state index in [4.69, 9.17) is 9.47 Å². The second-order valence-corrected chi connectivity index (χ2v) is 14.8. The number of ether oxygens (including phenoxy) is 2. The average molecular weight is 645 g/mol. The fourth-order valence-corrected chi connectivity index (χ4v) is 7.41. The van der Waals surface area contributed by atoms with Gasteiger partial charge in [-0.3, -0.25) is 19.8 Å². The number of sulfone groups is 1. The number of allylic oxidation sites excluding steroid dienone is 2. The highest BCUT2D eigenvalue weighted by Crippen LogP contribution is 2.41. The number of unbranched alkanes of at least 4 members (excludes halogenated alkanes) is 13. The third-order valence-electron chi connectivity index (χ3n) is 8.93. The van der Waals surface area contributed by atoms with E-state index >= 15 is 0 Å². The zero-order chi connectivity index (χ0) is 32.7. The van der Waals surface area contributed by atoms with Crippen LogP contribution in [0.2, 0.25) is 0 Å². The number of nitrogens with one attached hydrogen (secondary N) is 1. The summed E-state index contributed by atoms with van der Waals surface area (Å²) < 4.78 is 36.3. The number of rotatable bonds is 23. The van der Waals surface area contributed by atoms with Crippen molar-refractivity contribution in [2.24, 2.45) is 5.92 Å². The minimum absolute atomic E-state index is 0.377. The van der Waals surface area contributed by atoms with Crippen molar-refractivity contribution in [3.8, 4) is 11.5 Å². The Morgan fingerprint density at radius 3 is 2.02 bits per heavy atom. The Hall–Kier alpha value is -2.65. The summed E-state index contributed by atoms with van der Waals surface area (Å²) in [7, 11) is -2.04. The van der Waals surface area contributed by atoms with Crippen LogP contribution in [0.5, 0.6) is 11.5 Å². The number of nitrogens with zero attached hydrogens (tertiary/aromatic N) is 1. The Morgan fingerprint density at radius 2 is 1.47 bits per heavy atom. The van der Waals surface area contributed by atoms with Gasteiger partial charge >= 0.3 is 0 Å². The molecule has 2 amide bonds. The molecule has 3 rings (SSSR count). The van der Waals surface area contributed by atoms with Crippen LogP contribution in [0.4, 0.5) is 0 Å². The van der Waals surface area contributed by atoms with Crippen molar-refractivity contribution in [1.29, 1.82) is 0 Å². The third-order valence-corrected chi connectivity index (χ3v) is 9.85. The molecule has 1 fully saturated rings. The van der Waals surface area contributed by atoms with Gasteiger partial charge < -0.3 is 9.47 Å². The number of likely N-dealkylation sites (tertiary alicyclic amines) is 1. The van der Waals surface area contributed by atoms with E-state index in [1.54, 1.807) is 42.5 Å². The van der Waals surface area contributed by atoms with Crippen LogP contribution in [0.1, 0.15) is 115 Å². The Kier molecular flexibility index (Phi) is 15.1. The van der Waals surface area contributed by atoms with Crippen LogP contribution in [-0.4, -0.2) is 62.9 Å². The van der Waals surface area contributed by atoms with Gasteiger partial charge in [0.1, 0.15) is 15.4 Å². The van der Waals surface area contributed by atoms with E-state index in [0.29, 0.717) is 30.2 Å². The minimum atomic E-state index is -3.57. The van der Waals surface area contributed by atoms with Gasteiger partial charge in [-0.15, -0.1) is 0 Å². The first-order valence-electron chi connectivity index (χ1n) is 17.2. The third kappa shape index (κ3) is 10.4. The number of imide groups is 1. The van der Waals surface area contributed by atoms with Crippen molar-refractivity contribution < 1.29 is 27.5 Å². The lowest BCUT2D eigenvalue weighted by Crippen LogP contribution is -2.55. The molecule has 1 aliphatic carbocycles. The summed E-state index contributed by atoms with van der Waals surface area (Å²) in [4.78, 5) is 29.2. The van der Waals surface area contributed by atoms with Crippen LogP contribution in [0, 0.1) is 5.92 Å². The van der Waals surface area contributed by atoms with Gasteiger partial charge in [0, 0.05) is 6.26 Å². The first-order valence-corrected chi connectivity index (χ1v) is 19.2. The van der Waals surface area contributed by atoms with Gasteiger partial charge in [0.25, 0.3) is 5.91 Å². The van der Waals surface area contributed by atoms with E-state index in [0.717, 1.165) is 30.4 Å². The summed E-state index contributed by atoms with van der Waals surface area (Å²) in [5, 5.41) is 3.43. The number of benzene rings is 1. The van der Waals surface area contributed by atoms with Gasteiger partial charge in [-0.05, 0) is 37.6 Å². The van der Waals surface area contributed by atoms with Crippen molar-refractivity contribution in [1.82, 2.24) is 10.2 Å². The molecule has 8 nitrogen and oxygen atoms in total. The number of carbonyl (C=O) groups is 2. The van der Waals surface area contributed by atoms with E-state index in [-0.39, 0.29) is 0 Å². The number of methoxy groups -OCH3 is 1. The lowest BCUT2D eigenvalue weighted by atomic mass is 9.82. The van der Waals surface area contributed by atoms with E-state index < -0.39 is 44.9 Å². The highest BCUT2D eigenvalue weighted by molar-refractivity contribution is 7.90. The molecule has 1 aliphatic heterocycles. The topological polar surface area (TPSA) is 102 Å². The van der Waals surface area contributed by atoms with Crippen molar-refractivity contribution in [3.05, 3.63) is 48.1 Å². The maximum Gasteiger partial charge on any atom is 0.255 e. The Labute approximate surface area is 271 Å². The fraction of sp³-hybridized carbons (Fsp3) is 0.667. The van der Waals surface area contributed by atoms with Crippen LogP contribution in [0.15, 0.2) is 42.5 Å². The molecule has 0 spiro atoms.